The molecule has 4 nitrogen and oxygen atoms in total. The Morgan fingerprint density at radius 3 is 2.94 bits per heavy atom. The molecule has 1 amide bonds. The Balaban J connectivity index is 2.42. The number of halogens is 1. The van der Waals surface area contributed by atoms with E-state index in [4.69, 9.17) is 10.5 Å². The van der Waals surface area contributed by atoms with Crippen LogP contribution in [-0.4, -0.2) is 26.1 Å². The lowest BCUT2D eigenvalue weighted by Crippen LogP contribution is -2.18. The van der Waals surface area contributed by atoms with E-state index < -0.39 is 0 Å². The first kappa shape index (κ1) is 15.0. The van der Waals surface area contributed by atoms with Gasteiger partial charge in [-0.3, -0.25) is 4.79 Å². The molecule has 0 bridgehead atoms. The molecule has 0 aromatic heterocycles. The normalized spacial score (nSPS) is 10.2. The Morgan fingerprint density at radius 1 is 1.50 bits per heavy atom. The van der Waals surface area contributed by atoms with E-state index in [1.54, 1.807) is 7.05 Å². The van der Waals surface area contributed by atoms with Gasteiger partial charge in [-0.25, -0.2) is 0 Å². The lowest BCUT2D eigenvalue weighted by molar-refractivity contribution is -0.120. The summed E-state index contributed by atoms with van der Waals surface area (Å²) < 4.78 is 6.65. The van der Waals surface area contributed by atoms with E-state index in [0.29, 0.717) is 26.0 Å². The van der Waals surface area contributed by atoms with E-state index >= 15 is 0 Å². The number of nitrogens with two attached hydrogens (primary N) is 1. The van der Waals surface area contributed by atoms with E-state index in [2.05, 4.69) is 21.2 Å². The van der Waals surface area contributed by atoms with Crippen LogP contribution in [0.15, 0.2) is 22.7 Å². The van der Waals surface area contributed by atoms with Crippen LogP contribution in [0.2, 0.25) is 0 Å². The van der Waals surface area contributed by atoms with E-state index in [-0.39, 0.29) is 5.91 Å². The standard InChI is InChI=1S/C13H19BrN2O2/c1-16-13(17)3-2-8-18-11-4-5-12(14)10(9-11)6-7-15/h4-5,9H,2-3,6-8,15H2,1H3,(H,16,17). The van der Waals surface area contributed by atoms with Crippen LogP contribution in [0, 0.1) is 0 Å². The van der Waals surface area contributed by atoms with Gasteiger partial charge in [-0.15, -0.1) is 0 Å². The maximum absolute atomic E-state index is 11.0. The fourth-order valence-corrected chi connectivity index (χ4v) is 1.98. The van der Waals surface area contributed by atoms with Crippen LogP contribution in [0.1, 0.15) is 18.4 Å². The van der Waals surface area contributed by atoms with Crippen molar-refractivity contribution in [3.05, 3.63) is 28.2 Å². The fourth-order valence-electron chi connectivity index (χ4n) is 1.54. The molecule has 0 saturated heterocycles. The molecule has 0 radical (unpaired) electrons. The van der Waals surface area contributed by atoms with Crippen LogP contribution in [0.4, 0.5) is 0 Å². The minimum Gasteiger partial charge on any atom is -0.494 e. The minimum atomic E-state index is 0.0400. The highest BCUT2D eigenvalue weighted by Crippen LogP contribution is 2.23. The van der Waals surface area contributed by atoms with Crippen molar-refractivity contribution in [2.24, 2.45) is 5.73 Å². The van der Waals surface area contributed by atoms with Gasteiger partial charge in [-0.2, -0.15) is 0 Å². The van der Waals surface area contributed by atoms with Gasteiger partial charge in [0, 0.05) is 17.9 Å². The molecule has 5 heteroatoms. The maximum atomic E-state index is 11.0. The molecule has 0 atom stereocenters. The van der Waals surface area contributed by atoms with Crippen LogP contribution >= 0.6 is 15.9 Å². The molecule has 0 saturated carbocycles. The van der Waals surface area contributed by atoms with E-state index in [9.17, 15) is 4.79 Å². The number of benzene rings is 1. The minimum absolute atomic E-state index is 0.0400. The van der Waals surface area contributed by atoms with E-state index in [1.807, 2.05) is 18.2 Å². The number of carbonyl (C=O) groups excluding carboxylic acids is 1. The summed E-state index contributed by atoms with van der Waals surface area (Å²) in [5.74, 6) is 0.858. The zero-order valence-corrected chi connectivity index (χ0v) is 12.1. The summed E-state index contributed by atoms with van der Waals surface area (Å²) in [5, 5.41) is 2.58. The first-order chi connectivity index (χ1) is 8.67. The lowest BCUT2D eigenvalue weighted by atomic mass is 10.1. The highest BCUT2D eigenvalue weighted by Gasteiger charge is 2.03. The monoisotopic (exact) mass is 314 g/mol. The van der Waals surface area contributed by atoms with Crippen molar-refractivity contribution in [3.63, 3.8) is 0 Å². The zero-order chi connectivity index (χ0) is 13.4. The molecule has 0 unspecified atom stereocenters. The second kappa shape index (κ2) is 8.11. The molecule has 1 aromatic rings. The van der Waals surface area contributed by atoms with Crippen molar-refractivity contribution in [2.75, 3.05) is 20.2 Å². The summed E-state index contributed by atoms with van der Waals surface area (Å²) in [7, 11) is 1.64. The molecule has 0 heterocycles. The number of carbonyl (C=O) groups is 1. The van der Waals surface area contributed by atoms with Crippen molar-refractivity contribution >= 4 is 21.8 Å². The fraction of sp³-hybridized carbons (Fsp3) is 0.462. The largest absolute Gasteiger partial charge is 0.494 e. The first-order valence-electron chi connectivity index (χ1n) is 5.99. The Bertz CT molecular complexity index is 397. The number of hydrogen-bond acceptors (Lipinski definition) is 3. The van der Waals surface area contributed by atoms with Crippen molar-refractivity contribution in [1.82, 2.24) is 5.32 Å². The van der Waals surface area contributed by atoms with Crippen molar-refractivity contribution < 1.29 is 9.53 Å². The van der Waals surface area contributed by atoms with Crippen LogP contribution in [0.5, 0.6) is 5.75 Å². The van der Waals surface area contributed by atoms with Gasteiger partial charge in [0.15, 0.2) is 0 Å². The van der Waals surface area contributed by atoms with Gasteiger partial charge in [0.1, 0.15) is 5.75 Å². The zero-order valence-electron chi connectivity index (χ0n) is 10.5. The van der Waals surface area contributed by atoms with Gasteiger partial charge < -0.3 is 15.8 Å². The summed E-state index contributed by atoms with van der Waals surface area (Å²) in [6.45, 7) is 1.15. The Kier molecular flexibility index (Phi) is 6.75. The van der Waals surface area contributed by atoms with Gasteiger partial charge in [0.25, 0.3) is 0 Å². The van der Waals surface area contributed by atoms with Gasteiger partial charge in [0.2, 0.25) is 5.91 Å². The molecule has 18 heavy (non-hydrogen) atoms. The molecule has 3 N–H and O–H groups in total. The molecule has 0 aliphatic heterocycles. The van der Waals surface area contributed by atoms with Crippen LogP contribution in [0.25, 0.3) is 0 Å². The molecule has 1 aromatic carbocycles. The first-order valence-corrected chi connectivity index (χ1v) is 6.78. The molecular weight excluding hydrogens is 296 g/mol. The molecule has 0 spiro atoms. The summed E-state index contributed by atoms with van der Waals surface area (Å²) in [6.07, 6.45) is 2.01. The molecule has 1 rings (SSSR count). The Morgan fingerprint density at radius 2 is 2.28 bits per heavy atom. The quantitative estimate of drug-likeness (QED) is 0.755. The van der Waals surface area contributed by atoms with E-state index in [1.165, 1.54) is 0 Å². The molecule has 100 valence electrons. The number of hydrogen-bond donors (Lipinski definition) is 2. The molecule has 0 aliphatic rings. The maximum Gasteiger partial charge on any atom is 0.219 e. The number of rotatable bonds is 7. The van der Waals surface area contributed by atoms with Crippen LogP contribution in [0.3, 0.4) is 0 Å². The predicted octanol–water partition coefficient (Wildman–Crippen LogP) is 1.86. The number of ether oxygens (including phenoxy) is 1. The molecule has 0 aliphatic carbocycles. The summed E-state index contributed by atoms with van der Waals surface area (Å²) in [4.78, 5) is 11.0. The third kappa shape index (κ3) is 5.06. The topological polar surface area (TPSA) is 64.3 Å². The van der Waals surface area contributed by atoms with E-state index in [0.717, 1.165) is 22.2 Å². The van der Waals surface area contributed by atoms with Crippen LogP contribution in [-0.2, 0) is 11.2 Å². The second-order valence-corrected chi connectivity index (χ2v) is 4.77. The SMILES string of the molecule is CNC(=O)CCCOc1ccc(Br)c(CCN)c1. The summed E-state index contributed by atoms with van der Waals surface area (Å²) in [6, 6.07) is 5.85. The molecular formula is C13H19BrN2O2. The van der Waals surface area contributed by atoms with Gasteiger partial charge in [-0.1, -0.05) is 15.9 Å². The van der Waals surface area contributed by atoms with Crippen molar-refractivity contribution in [2.45, 2.75) is 19.3 Å². The Hall–Kier alpha value is -1.07. The third-order valence-electron chi connectivity index (χ3n) is 2.53. The average Bonchev–Trinajstić information content (AvgIpc) is 2.38. The molecule has 0 fully saturated rings. The van der Waals surface area contributed by atoms with Crippen molar-refractivity contribution in [1.29, 1.82) is 0 Å². The summed E-state index contributed by atoms with van der Waals surface area (Å²) >= 11 is 3.48. The second-order valence-electron chi connectivity index (χ2n) is 3.92. The van der Waals surface area contributed by atoms with Gasteiger partial charge in [0.05, 0.1) is 6.61 Å². The lowest BCUT2D eigenvalue weighted by Gasteiger charge is -2.09. The Labute approximate surface area is 116 Å². The predicted molar refractivity (Wildman–Crippen MR) is 75.7 cm³/mol. The summed E-state index contributed by atoms with van der Waals surface area (Å²) in [5.41, 5.74) is 6.68. The number of amides is 1. The van der Waals surface area contributed by atoms with Crippen molar-refractivity contribution in [3.8, 4) is 5.75 Å². The number of nitrogens with one attached hydrogen (secondary N) is 1. The third-order valence-corrected chi connectivity index (χ3v) is 3.30. The highest BCUT2D eigenvalue weighted by molar-refractivity contribution is 9.10. The van der Waals surface area contributed by atoms with Crippen LogP contribution < -0.4 is 15.8 Å². The average molecular weight is 315 g/mol. The highest BCUT2D eigenvalue weighted by atomic mass is 79.9. The smallest absolute Gasteiger partial charge is 0.219 e. The van der Waals surface area contributed by atoms with Gasteiger partial charge >= 0.3 is 0 Å². The van der Waals surface area contributed by atoms with Gasteiger partial charge in [-0.05, 0) is 43.1 Å².